The first kappa shape index (κ1) is 20.1. The molecule has 8 heteroatoms. The van der Waals surface area contributed by atoms with Crippen molar-refractivity contribution < 1.29 is 14.3 Å². The van der Waals surface area contributed by atoms with Crippen molar-refractivity contribution in [2.75, 3.05) is 31.3 Å². The minimum absolute atomic E-state index is 0.0580. The van der Waals surface area contributed by atoms with Gasteiger partial charge in [-0.15, -0.1) is 0 Å². The van der Waals surface area contributed by atoms with E-state index in [0.717, 1.165) is 33.4 Å². The maximum Gasteiger partial charge on any atom is 0.253 e. The molecule has 1 aliphatic heterocycles. The van der Waals surface area contributed by atoms with Crippen LogP contribution in [0, 0.1) is 0 Å². The Bertz CT molecular complexity index is 1290. The van der Waals surface area contributed by atoms with Crippen LogP contribution in [0.5, 0.6) is 5.75 Å². The fourth-order valence-electron chi connectivity index (χ4n) is 4.01. The molecule has 0 atom stereocenters. The van der Waals surface area contributed by atoms with Crippen molar-refractivity contribution in [3.8, 4) is 28.3 Å². The van der Waals surface area contributed by atoms with E-state index in [2.05, 4.69) is 15.1 Å². The van der Waals surface area contributed by atoms with Crippen molar-refractivity contribution in [3.63, 3.8) is 0 Å². The van der Waals surface area contributed by atoms with Crippen molar-refractivity contribution in [1.82, 2.24) is 19.7 Å². The molecule has 1 aliphatic rings. The second kappa shape index (κ2) is 8.39. The average Bonchev–Trinajstić information content (AvgIpc) is 3.21. The van der Waals surface area contributed by atoms with Crippen LogP contribution in [0.4, 0.5) is 5.69 Å². The van der Waals surface area contributed by atoms with E-state index in [9.17, 15) is 4.79 Å². The maximum absolute atomic E-state index is 12.6. The highest BCUT2D eigenvalue weighted by atomic mass is 16.5. The summed E-state index contributed by atoms with van der Waals surface area (Å²) >= 11 is 0. The van der Waals surface area contributed by atoms with Gasteiger partial charge in [-0.2, -0.15) is 5.10 Å². The molecule has 162 valence electrons. The van der Waals surface area contributed by atoms with Gasteiger partial charge in [0.05, 0.1) is 30.1 Å². The minimum atomic E-state index is -0.0960. The molecule has 0 saturated carbocycles. The molecule has 1 saturated heterocycles. The van der Waals surface area contributed by atoms with Crippen molar-refractivity contribution in [1.29, 1.82) is 0 Å². The van der Waals surface area contributed by atoms with Gasteiger partial charge in [0.25, 0.3) is 5.91 Å². The first-order valence-corrected chi connectivity index (χ1v) is 10.5. The molecular formula is C24H23N5O3. The Morgan fingerprint density at radius 3 is 2.75 bits per heavy atom. The number of carbonyl (C=O) groups excluding carboxylic acids is 1. The normalized spacial score (nSPS) is 14.2. The topological polar surface area (TPSA) is 82.4 Å². The van der Waals surface area contributed by atoms with Crippen LogP contribution in [0.3, 0.4) is 0 Å². The lowest BCUT2D eigenvalue weighted by atomic mass is 10.0. The van der Waals surface area contributed by atoms with E-state index < -0.39 is 0 Å². The predicted molar refractivity (Wildman–Crippen MR) is 122 cm³/mol. The number of anilines is 1. The van der Waals surface area contributed by atoms with Crippen LogP contribution in [-0.4, -0.2) is 52.0 Å². The molecule has 3 heterocycles. The van der Waals surface area contributed by atoms with Gasteiger partial charge in [-0.3, -0.25) is 9.48 Å². The fourth-order valence-corrected chi connectivity index (χ4v) is 4.01. The number of aromatic nitrogens is 4. The molecule has 0 unspecified atom stereocenters. The number of morpholine rings is 1. The third kappa shape index (κ3) is 3.58. The van der Waals surface area contributed by atoms with Gasteiger partial charge >= 0.3 is 0 Å². The fraction of sp³-hybridized carbons (Fsp3) is 0.250. The van der Waals surface area contributed by atoms with Crippen molar-refractivity contribution in [2.24, 2.45) is 7.05 Å². The smallest absolute Gasteiger partial charge is 0.253 e. The van der Waals surface area contributed by atoms with Gasteiger partial charge in [0, 0.05) is 42.4 Å². The van der Waals surface area contributed by atoms with Crippen LogP contribution in [0.25, 0.3) is 33.4 Å². The highest BCUT2D eigenvalue weighted by Gasteiger charge is 2.25. The molecule has 2 aromatic carbocycles. The number of hydrogen-bond acceptors (Lipinski definition) is 6. The molecule has 1 amide bonds. The standard InChI is InChI=1S/C24H23N5O3/c1-3-32-21-12-19-17(11-20(21)29-9-10-31-14-22(29)30)24(26-15-25-19)18-13-28(2)27-23(18)16-7-5-4-6-8-16/h4-8,11-13,15H,3,9-10,14H2,1-2H3. The lowest BCUT2D eigenvalue weighted by Crippen LogP contribution is -2.41. The summed E-state index contributed by atoms with van der Waals surface area (Å²) in [7, 11) is 1.89. The Morgan fingerprint density at radius 1 is 1.12 bits per heavy atom. The monoisotopic (exact) mass is 429 g/mol. The summed E-state index contributed by atoms with van der Waals surface area (Å²) in [6.45, 7) is 3.41. The zero-order valence-corrected chi connectivity index (χ0v) is 18.0. The number of ether oxygens (including phenoxy) is 2. The summed E-state index contributed by atoms with van der Waals surface area (Å²) < 4.78 is 13.0. The molecule has 0 radical (unpaired) electrons. The lowest BCUT2D eigenvalue weighted by molar-refractivity contribution is -0.125. The van der Waals surface area contributed by atoms with Gasteiger partial charge in [-0.05, 0) is 13.0 Å². The molecule has 2 aromatic heterocycles. The Hall–Kier alpha value is -3.78. The number of rotatable bonds is 5. The van der Waals surface area contributed by atoms with Crippen molar-refractivity contribution in [3.05, 3.63) is 55.0 Å². The van der Waals surface area contributed by atoms with Gasteiger partial charge in [0.1, 0.15) is 24.4 Å². The van der Waals surface area contributed by atoms with Gasteiger partial charge in [0.15, 0.2) is 0 Å². The third-order valence-corrected chi connectivity index (χ3v) is 5.42. The first-order valence-electron chi connectivity index (χ1n) is 10.5. The van der Waals surface area contributed by atoms with Gasteiger partial charge in [0.2, 0.25) is 0 Å². The number of benzene rings is 2. The number of hydrogen-bond donors (Lipinski definition) is 0. The SMILES string of the molecule is CCOc1cc2ncnc(-c3cn(C)nc3-c3ccccc3)c2cc1N1CCOCC1=O. The number of aryl methyl sites for hydroxylation is 1. The highest BCUT2D eigenvalue weighted by Crippen LogP contribution is 2.39. The van der Waals surface area contributed by atoms with Gasteiger partial charge in [-0.1, -0.05) is 30.3 Å². The van der Waals surface area contributed by atoms with Crippen molar-refractivity contribution >= 4 is 22.5 Å². The Balaban J connectivity index is 1.72. The molecule has 8 nitrogen and oxygen atoms in total. The van der Waals surface area contributed by atoms with Crippen LogP contribution < -0.4 is 9.64 Å². The second-order valence-electron chi connectivity index (χ2n) is 7.52. The lowest BCUT2D eigenvalue weighted by Gasteiger charge is -2.28. The van der Waals surface area contributed by atoms with Crippen LogP contribution in [0.1, 0.15) is 6.92 Å². The first-order chi connectivity index (χ1) is 15.7. The van der Waals surface area contributed by atoms with Crippen molar-refractivity contribution in [2.45, 2.75) is 6.92 Å². The second-order valence-corrected chi connectivity index (χ2v) is 7.52. The van der Waals surface area contributed by atoms with E-state index in [1.54, 1.807) is 15.9 Å². The maximum atomic E-state index is 12.6. The molecule has 4 aromatic rings. The predicted octanol–water partition coefficient (Wildman–Crippen LogP) is 3.46. The Kier molecular flexibility index (Phi) is 5.28. The molecule has 0 bridgehead atoms. The summed E-state index contributed by atoms with van der Waals surface area (Å²) in [4.78, 5) is 23.4. The van der Waals surface area contributed by atoms with E-state index in [4.69, 9.17) is 9.47 Å². The zero-order chi connectivity index (χ0) is 22.1. The van der Waals surface area contributed by atoms with E-state index in [1.807, 2.05) is 62.6 Å². The van der Waals surface area contributed by atoms with E-state index >= 15 is 0 Å². The quantitative estimate of drug-likeness (QED) is 0.483. The summed E-state index contributed by atoms with van der Waals surface area (Å²) in [5.41, 5.74) is 4.94. The zero-order valence-electron chi connectivity index (χ0n) is 18.0. The van der Waals surface area contributed by atoms with Crippen LogP contribution in [-0.2, 0) is 16.6 Å². The van der Waals surface area contributed by atoms with E-state index in [0.29, 0.717) is 31.2 Å². The molecule has 0 aliphatic carbocycles. The Labute approximate surface area is 185 Å². The van der Waals surface area contributed by atoms with Crippen LogP contribution >= 0.6 is 0 Å². The Morgan fingerprint density at radius 2 is 1.97 bits per heavy atom. The van der Waals surface area contributed by atoms with E-state index in [1.165, 1.54) is 0 Å². The van der Waals surface area contributed by atoms with Gasteiger partial charge in [-0.25, -0.2) is 9.97 Å². The van der Waals surface area contributed by atoms with Gasteiger partial charge < -0.3 is 14.4 Å². The summed E-state index contributed by atoms with van der Waals surface area (Å²) in [5, 5.41) is 5.52. The molecule has 5 rings (SSSR count). The largest absolute Gasteiger partial charge is 0.492 e. The number of amides is 1. The molecular weight excluding hydrogens is 406 g/mol. The molecule has 0 spiro atoms. The van der Waals surface area contributed by atoms with Crippen LogP contribution in [0.2, 0.25) is 0 Å². The molecule has 32 heavy (non-hydrogen) atoms. The number of fused-ring (bicyclic) bond motifs is 1. The molecule has 0 N–H and O–H groups in total. The third-order valence-electron chi connectivity index (χ3n) is 5.42. The summed E-state index contributed by atoms with van der Waals surface area (Å²) in [5.74, 6) is 0.524. The summed E-state index contributed by atoms with van der Waals surface area (Å²) in [6.07, 6.45) is 3.51. The highest BCUT2D eigenvalue weighted by molar-refractivity contribution is 6.03. The minimum Gasteiger partial charge on any atom is -0.492 e. The number of nitrogens with zero attached hydrogens (tertiary/aromatic N) is 5. The molecule has 1 fully saturated rings. The number of carbonyl (C=O) groups is 1. The van der Waals surface area contributed by atoms with E-state index in [-0.39, 0.29) is 12.5 Å². The average molecular weight is 429 g/mol. The summed E-state index contributed by atoms with van der Waals surface area (Å²) in [6, 6.07) is 13.8. The van der Waals surface area contributed by atoms with Crippen LogP contribution in [0.15, 0.2) is 55.0 Å².